The highest BCUT2D eigenvalue weighted by Gasteiger charge is 2.20. The summed E-state index contributed by atoms with van der Waals surface area (Å²) in [4.78, 5) is 0. The van der Waals surface area contributed by atoms with Crippen LogP contribution < -0.4 is 16.2 Å². The van der Waals surface area contributed by atoms with Crippen molar-refractivity contribution in [2.24, 2.45) is 17.4 Å². The van der Waals surface area contributed by atoms with Gasteiger partial charge in [0.05, 0.1) is 7.11 Å². The zero-order chi connectivity index (χ0) is 13.9. The van der Waals surface area contributed by atoms with Gasteiger partial charge in [-0.3, -0.25) is 0 Å². The van der Waals surface area contributed by atoms with Crippen LogP contribution in [0.3, 0.4) is 0 Å². The Bertz CT molecular complexity index is 415. The van der Waals surface area contributed by atoms with Gasteiger partial charge in [-0.1, -0.05) is 6.92 Å². The van der Waals surface area contributed by atoms with Crippen LogP contribution in [-0.4, -0.2) is 13.7 Å². The molecule has 0 heterocycles. The normalized spacial score (nSPS) is 14.4. The Balaban J connectivity index is 3.20. The van der Waals surface area contributed by atoms with E-state index in [9.17, 15) is 0 Å². The molecule has 0 amide bonds. The third-order valence-electron chi connectivity index (χ3n) is 3.90. The van der Waals surface area contributed by atoms with Crippen molar-refractivity contribution in [3.05, 3.63) is 28.3 Å². The van der Waals surface area contributed by atoms with Gasteiger partial charge in [-0.05, 0) is 68.0 Å². The fraction of sp³-hybridized carbons (Fsp3) is 0.600. The minimum absolute atomic E-state index is 0.0400. The van der Waals surface area contributed by atoms with Crippen LogP contribution in [0.15, 0.2) is 6.07 Å². The van der Waals surface area contributed by atoms with E-state index in [2.05, 4.69) is 33.8 Å². The Kier molecular flexibility index (Phi) is 5.17. The van der Waals surface area contributed by atoms with Crippen LogP contribution in [0, 0.1) is 26.7 Å². The van der Waals surface area contributed by atoms with Crippen LogP contribution in [0.4, 0.5) is 0 Å². The van der Waals surface area contributed by atoms with Crippen LogP contribution in [0.2, 0.25) is 0 Å². The summed E-state index contributed by atoms with van der Waals surface area (Å²) >= 11 is 0. The van der Waals surface area contributed by atoms with E-state index in [-0.39, 0.29) is 6.04 Å². The molecule has 1 aromatic rings. The topological polar surface area (TPSA) is 61.3 Å². The molecule has 2 unspecified atom stereocenters. The van der Waals surface area contributed by atoms with Gasteiger partial charge in [0.25, 0.3) is 0 Å². The molecule has 3 heteroatoms. The highest BCUT2D eigenvalue weighted by Crippen LogP contribution is 2.33. The molecule has 0 aliphatic carbocycles. The highest BCUT2D eigenvalue weighted by atomic mass is 16.5. The van der Waals surface area contributed by atoms with Crippen LogP contribution >= 0.6 is 0 Å². The minimum atomic E-state index is 0.0400. The molecule has 18 heavy (non-hydrogen) atoms. The van der Waals surface area contributed by atoms with Crippen molar-refractivity contribution in [1.29, 1.82) is 0 Å². The smallest absolute Gasteiger partial charge is 0.122 e. The molecule has 0 saturated carbocycles. The Morgan fingerprint density at radius 2 is 1.83 bits per heavy atom. The summed E-state index contributed by atoms with van der Waals surface area (Å²) in [6, 6.07) is 2.12. The molecule has 0 radical (unpaired) electrons. The monoisotopic (exact) mass is 250 g/mol. The largest absolute Gasteiger partial charge is 0.496 e. The van der Waals surface area contributed by atoms with Gasteiger partial charge < -0.3 is 16.2 Å². The van der Waals surface area contributed by atoms with Gasteiger partial charge in [-0.25, -0.2) is 0 Å². The lowest BCUT2D eigenvalue weighted by Crippen LogP contribution is -2.23. The average molecular weight is 250 g/mol. The molecule has 0 aliphatic heterocycles. The van der Waals surface area contributed by atoms with Crippen LogP contribution in [0.25, 0.3) is 0 Å². The molecule has 0 spiro atoms. The van der Waals surface area contributed by atoms with Gasteiger partial charge in [0, 0.05) is 6.04 Å². The summed E-state index contributed by atoms with van der Waals surface area (Å²) in [7, 11) is 1.71. The SMILES string of the molecule is COc1cc(C)c(C(N)C(C)CCN)c(C)c1C. The molecular formula is C15H26N2O. The second-order valence-electron chi connectivity index (χ2n) is 5.14. The van der Waals surface area contributed by atoms with Crippen molar-refractivity contribution in [1.82, 2.24) is 0 Å². The molecule has 0 aromatic heterocycles. The van der Waals surface area contributed by atoms with E-state index in [0.717, 1.165) is 12.2 Å². The van der Waals surface area contributed by atoms with E-state index in [0.29, 0.717) is 12.5 Å². The number of ether oxygens (including phenoxy) is 1. The molecule has 0 fully saturated rings. The maximum absolute atomic E-state index is 6.39. The second-order valence-corrected chi connectivity index (χ2v) is 5.14. The molecular weight excluding hydrogens is 224 g/mol. The number of nitrogens with two attached hydrogens (primary N) is 2. The van der Waals surface area contributed by atoms with Gasteiger partial charge in [0.2, 0.25) is 0 Å². The molecule has 3 nitrogen and oxygen atoms in total. The van der Waals surface area contributed by atoms with Crippen molar-refractivity contribution < 1.29 is 4.74 Å². The number of methoxy groups -OCH3 is 1. The number of hydrogen-bond donors (Lipinski definition) is 2. The Morgan fingerprint density at radius 1 is 1.22 bits per heavy atom. The maximum atomic E-state index is 6.39. The van der Waals surface area contributed by atoms with Crippen molar-refractivity contribution in [3.8, 4) is 5.75 Å². The Morgan fingerprint density at radius 3 is 2.33 bits per heavy atom. The Hall–Kier alpha value is -1.06. The number of aryl methyl sites for hydroxylation is 1. The van der Waals surface area contributed by atoms with Crippen molar-refractivity contribution in [2.75, 3.05) is 13.7 Å². The van der Waals surface area contributed by atoms with Crippen LogP contribution in [0.5, 0.6) is 5.75 Å². The predicted molar refractivity (Wildman–Crippen MR) is 77.0 cm³/mol. The first kappa shape index (κ1) is 15.0. The first-order chi connectivity index (χ1) is 8.43. The van der Waals surface area contributed by atoms with E-state index in [4.69, 9.17) is 16.2 Å². The lowest BCUT2D eigenvalue weighted by molar-refractivity contribution is 0.408. The molecule has 4 N–H and O–H groups in total. The first-order valence-electron chi connectivity index (χ1n) is 6.54. The lowest BCUT2D eigenvalue weighted by atomic mass is 9.85. The summed E-state index contributed by atoms with van der Waals surface area (Å²) in [6.07, 6.45) is 0.950. The minimum Gasteiger partial charge on any atom is -0.496 e. The highest BCUT2D eigenvalue weighted by molar-refractivity contribution is 5.49. The summed E-state index contributed by atoms with van der Waals surface area (Å²) in [5.41, 5.74) is 16.9. The molecule has 1 aromatic carbocycles. The maximum Gasteiger partial charge on any atom is 0.122 e. The van der Waals surface area contributed by atoms with Crippen molar-refractivity contribution in [2.45, 2.75) is 40.2 Å². The van der Waals surface area contributed by atoms with Gasteiger partial charge in [-0.2, -0.15) is 0 Å². The molecule has 102 valence electrons. The van der Waals surface area contributed by atoms with Gasteiger partial charge in [0.15, 0.2) is 0 Å². The molecule has 0 saturated heterocycles. The summed E-state index contributed by atoms with van der Waals surface area (Å²) < 4.78 is 5.39. The van der Waals surface area contributed by atoms with E-state index < -0.39 is 0 Å². The number of rotatable bonds is 5. The van der Waals surface area contributed by atoms with Crippen molar-refractivity contribution in [3.63, 3.8) is 0 Å². The molecule has 0 bridgehead atoms. The predicted octanol–water partition coefficient (Wildman–Crippen LogP) is 2.61. The van der Waals surface area contributed by atoms with E-state index in [1.807, 2.05) is 0 Å². The standard InChI is InChI=1S/C15H26N2O/c1-9(6-7-16)15(17)14-10(2)8-13(18-5)11(3)12(14)4/h8-9,15H,6-7,16-17H2,1-5H3. The summed E-state index contributed by atoms with van der Waals surface area (Å²) in [6.45, 7) is 9.14. The summed E-state index contributed by atoms with van der Waals surface area (Å²) in [5, 5.41) is 0. The van der Waals surface area contributed by atoms with Crippen molar-refractivity contribution >= 4 is 0 Å². The third kappa shape index (κ3) is 2.85. The van der Waals surface area contributed by atoms with E-state index >= 15 is 0 Å². The molecule has 0 aliphatic rings. The average Bonchev–Trinajstić information content (AvgIpc) is 2.34. The van der Waals surface area contributed by atoms with E-state index in [1.54, 1.807) is 7.11 Å². The fourth-order valence-electron chi connectivity index (χ4n) is 2.52. The fourth-order valence-corrected chi connectivity index (χ4v) is 2.52. The zero-order valence-electron chi connectivity index (χ0n) is 12.2. The first-order valence-corrected chi connectivity index (χ1v) is 6.54. The molecule has 1 rings (SSSR count). The van der Waals surface area contributed by atoms with Gasteiger partial charge >= 0.3 is 0 Å². The van der Waals surface area contributed by atoms with Crippen LogP contribution in [0.1, 0.15) is 41.6 Å². The van der Waals surface area contributed by atoms with Gasteiger partial charge in [-0.15, -0.1) is 0 Å². The second kappa shape index (κ2) is 6.21. The summed E-state index contributed by atoms with van der Waals surface area (Å²) in [5.74, 6) is 1.33. The Labute approximate surface area is 111 Å². The quantitative estimate of drug-likeness (QED) is 0.844. The third-order valence-corrected chi connectivity index (χ3v) is 3.90. The van der Waals surface area contributed by atoms with Gasteiger partial charge in [0.1, 0.15) is 5.75 Å². The number of hydrogen-bond acceptors (Lipinski definition) is 3. The molecule has 2 atom stereocenters. The van der Waals surface area contributed by atoms with Crippen LogP contribution in [-0.2, 0) is 0 Å². The zero-order valence-corrected chi connectivity index (χ0v) is 12.2. The van der Waals surface area contributed by atoms with E-state index in [1.165, 1.54) is 22.3 Å². The lowest BCUT2D eigenvalue weighted by Gasteiger charge is -2.25. The number of benzene rings is 1.